The second kappa shape index (κ2) is 14.2. The number of hydrogen-bond acceptors (Lipinski definition) is 2. The van der Waals surface area contributed by atoms with Crippen molar-refractivity contribution in [3.8, 4) is 16.9 Å². The van der Waals surface area contributed by atoms with Crippen LogP contribution in [0.3, 0.4) is 0 Å². The van der Waals surface area contributed by atoms with Crippen LogP contribution >= 0.6 is 0 Å². The molecule has 7 aromatic carbocycles. The number of pyridine rings is 1. The monoisotopic (exact) mass is 777 g/mol. The highest BCUT2D eigenvalue weighted by Crippen LogP contribution is 2.47. The van der Waals surface area contributed by atoms with Crippen molar-refractivity contribution in [1.29, 1.82) is 0 Å². The lowest BCUT2D eigenvalue weighted by Gasteiger charge is -2.30. The van der Waals surface area contributed by atoms with E-state index in [9.17, 15) is 0 Å². The molecule has 0 saturated heterocycles. The number of para-hydroxylation sites is 1. The van der Waals surface area contributed by atoms with E-state index in [2.05, 4.69) is 191 Å². The molecule has 0 bridgehead atoms. The number of allylic oxidation sites excluding steroid dienone is 2. The van der Waals surface area contributed by atoms with Crippen LogP contribution in [0.5, 0.6) is 5.75 Å². The van der Waals surface area contributed by atoms with Crippen molar-refractivity contribution in [1.82, 2.24) is 4.98 Å². The van der Waals surface area contributed by atoms with Crippen molar-refractivity contribution in [2.45, 2.75) is 81.3 Å². The lowest BCUT2D eigenvalue weighted by Crippen LogP contribution is -2.57. The molecule has 2 atom stereocenters. The Bertz CT molecular complexity index is 3070. The normalized spacial score (nSPS) is 15.7. The fraction of sp³-hybridized carbons (Fsp3) is 0.211. The topological polar surface area (TPSA) is 22.1 Å². The lowest BCUT2D eigenvalue weighted by atomic mass is 9.32. The molecule has 1 aliphatic carbocycles. The van der Waals surface area contributed by atoms with Crippen LogP contribution in [0.25, 0.3) is 49.3 Å². The van der Waals surface area contributed by atoms with Crippen LogP contribution in [0.4, 0.5) is 0 Å². The van der Waals surface area contributed by atoms with Crippen LogP contribution in [0.2, 0.25) is 0 Å². The second-order valence-electron chi connectivity index (χ2n) is 17.9. The fourth-order valence-corrected chi connectivity index (χ4v) is 11.2. The molecule has 1 aromatic heterocycles. The molecule has 2 unspecified atom stereocenters. The van der Waals surface area contributed by atoms with Gasteiger partial charge in [-0.1, -0.05) is 146 Å². The van der Waals surface area contributed by atoms with Crippen LogP contribution < -0.4 is 21.1 Å². The van der Waals surface area contributed by atoms with Gasteiger partial charge in [0.05, 0.1) is 11.0 Å². The van der Waals surface area contributed by atoms with Crippen LogP contribution in [0, 0.1) is 69.2 Å². The highest BCUT2D eigenvalue weighted by Gasteiger charge is 2.36. The number of fused-ring (bicyclic) bond motifs is 7. The van der Waals surface area contributed by atoms with Gasteiger partial charge in [-0.2, -0.15) is 0 Å². The van der Waals surface area contributed by atoms with Gasteiger partial charge < -0.3 is 4.74 Å². The standard InChI is InChI=1S/C57H52BNO/c1-31-23-33(3)54(34(4)24-31)58(55-35(5)25-32(2)26-36(55)6)56-39(9)37(7)53(38(8)40(56)10)43-20-22-52-49(29-43)48-28-41(19-21-51(48)60-52)47-30-44-27-42-15-11-14-18-50(42)59-57(44)46-17-13-12-16-45(46)47/h11-30,48,51H,1-10H3. The molecule has 2 aliphatic rings. The summed E-state index contributed by atoms with van der Waals surface area (Å²) in [5.41, 5.74) is 26.2. The van der Waals surface area contributed by atoms with Gasteiger partial charge in [-0.05, 0) is 144 Å². The zero-order valence-electron chi connectivity index (χ0n) is 36.6. The van der Waals surface area contributed by atoms with E-state index in [-0.39, 0.29) is 18.7 Å². The Balaban J connectivity index is 1.10. The molecule has 0 radical (unpaired) electrons. The largest absolute Gasteiger partial charge is 0.485 e. The average molecular weight is 778 g/mol. The maximum atomic E-state index is 6.67. The minimum absolute atomic E-state index is 0.0351. The lowest BCUT2D eigenvalue weighted by molar-refractivity contribution is 0.269. The summed E-state index contributed by atoms with van der Waals surface area (Å²) in [7, 11) is 0. The summed E-state index contributed by atoms with van der Waals surface area (Å²) < 4.78 is 6.67. The SMILES string of the molecule is Cc1cc(C)c(B(c2c(C)cc(C)cc2C)c2c(C)c(C)c(-c3ccc4c(c3)C3C=C(c5cc6cc7ccccc7nc6c6ccccc56)C=CC3O4)c(C)c2C)c(C)c1. The molecule has 0 fully saturated rings. The molecule has 10 rings (SSSR count). The van der Waals surface area contributed by atoms with Crippen molar-refractivity contribution < 1.29 is 4.74 Å². The Morgan fingerprint density at radius 1 is 0.550 bits per heavy atom. The Hall–Kier alpha value is -6.19. The Kier molecular flexibility index (Phi) is 9.02. The Morgan fingerprint density at radius 3 is 1.80 bits per heavy atom. The third-order valence-corrected chi connectivity index (χ3v) is 14.0. The molecule has 0 spiro atoms. The second-order valence-corrected chi connectivity index (χ2v) is 17.9. The zero-order chi connectivity index (χ0) is 41.7. The van der Waals surface area contributed by atoms with Gasteiger partial charge in [0.1, 0.15) is 11.9 Å². The predicted molar refractivity (Wildman–Crippen MR) is 258 cm³/mol. The molecule has 8 aromatic rings. The van der Waals surface area contributed by atoms with E-state index >= 15 is 0 Å². The van der Waals surface area contributed by atoms with Crippen LogP contribution in [-0.2, 0) is 0 Å². The van der Waals surface area contributed by atoms with E-state index in [4.69, 9.17) is 9.72 Å². The summed E-state index contributed by atoms with van der Waals surface area (Å²) >= 11 is 0. The minimum Gasteiger partial charge on any atom is -0.485 e. The van der Waals surface area contributed by atoms with E-state index in [0.717, 1.165) is 27.6 Å². The third-order valence-electron chi connectivity index (χ3n) is 14.0. The first-order valence-electron chi connectivity index (χ1n) is 21.6. The molecule has 294 valence electrons. The summed E-state index contributed by atoms with van der Waals surface area (Å²) in [6, 6.07) is 38.2. The molecule has 3 heteroatoms. The first-order chi connectivity index (χ1) is 28.9. The number of benzene rings is 7. The van der Waals surface area contributed by atoms with E-state index in [1.54, 1.807) is 0 Å². The molecule has 0 N–H and O–H groups in total. The van der Waals surface area contributed by atoms with E-state index in [1.165, 1.54) is 111 Å². The highest BCUT2D eigenvalue weighted by atomic mass is 16.5. The van der Waals surface area contributed by atoms with Crippen molar-refractivity contribution in [3.63, 3.8) is 0 Å². The first-order valence-corrected chi connectivity index (χ1v) is 21.6. The number of aromatic nitrogens is 1. The zero-order valence-corrected chi connectivity index (χ0v) is 36.6. The van der Waals surface area contributed by atoms with Crippen molar-refractivity contribution >= 4 is 61.3 Å². The smallest absolute Gasteiger partial charge is 0.243 e. The Morgan fingerprint density at radius 2 is 1.15 bits per heavy atom. The van der Waals surface area contributed by atoms with Crippen LogP contribution in [0.15, 0.2) is 121 Å². The molecule has 2 nitrogen and oxygen atoms in total. The molecule has 0 amide bonds. The molecular weight excluding hydrogens is 725 g/mol. The molecule has 1 aliphatic heterocycles. The summed E-state index contributed by atoms with van der Waals surface area (Å²) in [4.78, 5) is 5.15. The van der Waals surface area contributed by atoms with Crippen molar-refractivity contribution in [2.75, 3.05) is 0 Å². The van der Waals surface area contributed by atoms with Gasteiger partial charge in [0.15, 0.2) is 0 Å². The van der Waals surface area contributed by atoms with Gasteiger partial charge in [0, 0.05) is 27.6 Å². The summed E-state index contributed by atoms with van der Waals surface area (Å²) in [5, 5.41) is 4.72. The summed E-state index contributed by atoms with van der Waals surface area (Å²) in [5.74, 6) is 1.08. The van der Waals surface area contributed by atoms with Crippen molar-refractivity contribution in [3.05, 3.63) is 188 Å². The Labute approximate surface area is 355 Å². The minimum atomic E-state index is -0.0351. The number of nitrogens with zero attached hydrogens (tertiary/aromatic N) is 1. The maximum absolute atomic E-state index is 6.67. The van der Waals surface area contributed by atoms with Gasteiger partial charge >= 0.3 is 0 Å². The highest BCUT2D eigenvalue weighted by molar-refractivity contribution is 6.97. The molecular formula is C57H52BNO. The average Bonchev–Trinajstić information content (AvgIpc) is 3.58. The van der Waals surface area contributed by atoms with E-state index in [0.29, 0.717) is 0 Å². The quantitative estimate of drug-likeness (QED) is 0.0986. The number of rotatable bonds is 5. The first kappa shape index (κ1) is 38.0. The fourth-order valence-electron chi connectivity index (χ4n) is 11.2. The van der Waals surface area contributed by atoms with Gasteiger partial charge in [0.2, 0.25) is 6.71 Å². The predicted octanol–water partition coefficient (Wildman–Crippen LogP) is 12.3. The van der Waals surface area contributed by atoms with Gasteiger partial charge in [-0.15, -0.1) is 0 Å². The maximum Gasteiger partial charge on any atom is 0.243 e. The van der Waals surface area contributed by atoms with E-state index in [1.807, 2.05) is 0 Å². The van der Waals surface area contributed by atoms with Crippen LogP contribution in [-0.4, -0.2) is 17.8 Å². The number of hydrogen-bond donors (Lipinski definition) is 0. The number of ether oxygens (including phenoxy) is 1. The summed E-state index contributed by atoms with van der Waals surface area (Å²) in [6.45, 7) is 23.2. The molecule has 60 heavy (non-hydrogen) atoms. The van der Waals surface area contributed by atoms with E-state index < -0.39 is 0 Å². The van der Waals surface area contributed by atoms with Crippen molar-refractivity contribution in [2.24, 2.45) is 0 Å². The van der Waals surface area contributed by atoms with Gasteiger partial charge in [-0.3, -0.25) is 0 Å². The van der Waals surface area contributed by atoms with Gasteiger partial charge in [0.25, 0.3) is 0 Å². The molecule has 2 heterocycles. The van der Waals surface area contributed by atoms with Crippen LogP contribution in [0.1, 0.15) is 72.7 Å². The molecule has 0 saturated carbocycles. The number of aryl methyl sites for hydroxylation is 6. The third kappa shape index (κ3) is 5.96. The summed E-state index contributed by atoms with van der Waals surface area (Å²) in [6.07, 6.45) is 6.94. The van der Waals surface area contributed by atoms with Gasteiger partial charge in [-0.25, -0.2) is 4.98 Å².